The van der Waals surface area contributed by atoms with Crippen molar-refractivity contribution in [2.45, 2.75) is 30.8 Å². The second-order valence-electron chi connectivity index (χ2n) is 5.05. The second kappa shape index (κ2) is 5.48. The first-order chi connectivity index (χ1) is 8.94. The summed E-state index contributed by atoms with van der Waals surface area (Å²) in [5, 5.41) is 3.44. The lowest BCUT2D eigenvalue weighted by Crippen LogP contribution is -2.54. The molecular formula is C13H21N3O2S. The fraction of sp³-hybridized carbons (Fsp3) is 0.538. The van der Waals surface area contributed by atoms with Gasteiger partial charge in [-0.2, -0.15) is 0 Å². The number of anilines is 1. The molecule has 1 heterocycles. The highest BCUT2D eigenvalue weighted by Crippen LogP contribution is 2.26. The first-order valence-electron chi connectivity index (χ1n) is 6.47. The van der Waals surface area contributed by atoms with Crippen LogP contribution in [0.1, 0.15) is 13.8 Å². The first kappa shape index (κ1) is 14.3. The smallest absolute Gasteiger partial charge is 0.242 e. The van der Waals surface area contributed by atoms with Gasteiger partial charge in [0.15, 0.2) is 0 Å². The van der Waals surface area contributed by atoms with Gasteiger partial charge in [0.1, 0.15) is 4.90 Å². The average Bonchev–Trinajstić information content (AvgIpc) is 2.37. The van der Waals surface area contributed by atoms with Gasteiger partial charge in [-0.1, -0.05) is 12.1 Å². The molecule has 2 rings (SSSR count). The quantitative estimate of drug-likeness (QED) is 0.860. The predicted octanol–water partition coefficient (Wildman–Crippen LogP) is 0.781. The summed E-state index contributed by atoms with van der Waals surface area (Å²) in [5.41, 5.74) is 0.775. The Labute approximate surface area is 115 Å². The maximum atomic E-state index is 12.1. The van der Waals surface area contributed by atoms with E-state index in [1.807, 2.05) is 12.1 Å². The predicted molar refractivity (Wildman–Crippen MR) is 77.0 cm³/mol. The number of nitrogens with one attached hydrogen (secondary N) is 2. The van der Waals surface area contributed by atoms with Crippen molar-refractivity contribution in [2.75, 3.05) is 25.0 Å². The van der Waals surface area contributed by atoms with Crippen LogP contribution in [0.15, 0.2) is 29.2 Å². The van der Waals surface area contributed by atoms with Gasteiger partial charge in [-0.05, 0) is 33.0 Å². The third-order valence-electron chi connectivity index (χ3n) is 3.32. The molecule has 0 amide bonds. The molecule has 1 saturated heterocycles. The van der Waals surface area contributed by atoms with E-state index in [4.69, 9.17) is 0 Å². The molecule has 2 N–H and O–H groups in total. The van der Waals surface area contributed by atoms with Crippen molar-refractivity contribution in [2.24, 2.45) is 0 Å². The summed E-state index contributed by atoms with van der Waals surface area (Å²) in [7, 11) is -1.99. The number of hydrogen-bond acceptors (Lipinski definition) is 4. The van der Waals surface area contributed by atoms with Crippen molar-refractivity contribution >= 4 is 15.7 Å². The van der Waals surface area contributed by atoms with Crippen molar-refractivity contribution in [3.63, 3.8) is 0 Å². The molecule has 1 aromatic carbocycles. The third-order valence-corrected chi connectivity index (χ3v) is 4.78. The fourth-order valence-electron chi connectivity index (χ4n) is 2.58. The zero-order chi connectivity index (χ0) is 14.0. The van der Waals surface area contributed by atoms with Crippen LogP contribution < -0.4 is 14.9 Å². The van der Waals surface area contributed by atoms with E-state index in [1.54, 1.807) is 12.1 Å². The van der Waals surface area contributed by atoms with Crippen LogP contribution in [0.4, 0.5) is 5.69 Å². The molecular weight excluding hydrogens is 262 g/mol. The molecule has 2 unspecified atom stereocenters. The highest BCUT2D eigenvalue weighted by molar-refractivity contribution is 7.89. The van der Waals surface area contributed by atoms with Crippen molar-refractivity contribution in [1.82, 2.24) is 10.0 Å². The topological polar surface area (TPSA) is 61.4 Å². The first-order valence-corrected chi connectivity index (χ1v) is 7.96. The Balaban J connectivity index is 2.40. The van der Waals surface area contributed by atoms with E-state index in [1.165, 1.54) is 7.05 Å². The van der Waals surface area contributed by atoms with Gasteiger partial charge in [0.2, 0.25) is 10.0 Å². The molecule has 1 aliphatic heterocycles. The lowest BCUT2D eigenvalue weighted by atomic mass is 10.1. The number of piperazine rings is 1. The van der Waals surface area contributed by atoms with Crippen LogP contribution >= 0.6 is 0 Å². The molecule has 106 valence electrons. The van der Waals surface area contributed by atoms with E-state index in [-0.39, 0.29) is 0 Å². The highest BCUT2D eigenvalue weighted by atomic mass is 32.2. The summed E-state index contributed by atoms with van der Waals surface area (Å²) in [6, 6.07) is 7.83. The Hall–Kier alpha value is -1.11. The van der Waals surface area contributed by atoms with E-state index in [9.17, 15) is 8.42 Å². The van der Waals surface area contributed by atoms with Crippen molar-refractivity contribution < 1.29 is 8.42 Å². The Morgan fingerprint density at radius 2 is 1.79 bits per heavy atom. The van der Waals surface area contributed by atoms with Crippen LogP contribution in [0.25, 0.3) is 0 Å². The monoisotopic (exact) mass is 283 g/mol. The molecule has 0 aliphatic carbocycles. The van der Waals surface area contributed by atoms with Crippen LogP contribution in [-0.4, -0.2) is 40.6 Å². The molecule has 0 radical (unpaired) electrons. The lowest BCUT2D eigenvalue weighted by Gasteiger charge is -2.38. The fourth-order valence-corrected chi connectivity index (χ4v) is 3.53. The Morgan fingerprint density at radius 3 is 2.37 bits per heavy atom. The SMILES string of the molecule is CNS(=O)(=O)c1ccccc1N1CC(C)NC(C)C1. The molecule has 0 bridgehead atoms. The van der Waals surface area contributed by atoms with Gasteiger partial charge in [-0.15, -0.1) is 0 Å². The lowest BCUT2D eigenvalue weighted by molar-refractivity contribution is 0.405. The molecule has 0 saturated carbocycles. The van der Waals surface area contributed by atoms with Crippen LogP contribution in [-0.2, 0) is 10.0 Å². The molecule has 5 nitrogen and oxygen atoms in total. The molecule has 0 aromatic heterocycles. The maximum absolute atomic E-state index is 12.1. The minimum absolute atomic E-state index is 0.342. The van der Waals surface area contributed by atoms with E-state index in [2.05, 4.69) is 28.8 Å². The molecule has 0 spiro atoms. The van der Waals surface area contributed by atoms with E-state index < -0.39 is 10.0 Å². The molecule has 19 heavy (non-hydrogen) atoms. The molecule has 1 aliphatic rings. The van der Waals surface area contributed by atoms with Crippen molar-refractivity contribution in [3.05, 3.63) is 24.3 Å². The van der Waals surface area contributed by atoms with Gasteiger partial charge in [0, 0.05) is 25.2 Å². The Kier molecular flexibility index (Phi) is 4.13. The Bertz CT molecular complexity index is 535. The summed E-state index contributed by atoms with van der Waals surface area (Å²) >= 11 is 0. The zero-order valence-electron chi connectivity index (χ0n) is 11.6. The number of hydrogen-bond donors (Lipinski definition) is 2. The number of benzene rings is 1. The van der Waals surface area contributed by atoms with Gasteiger partial charge in [0.05, 0.1) is 5.69 Å². The summed E-state index contributed by atoms with van der Waals surface area (Å²) in [6.45, 7) is 5.83. The number of sulfonamides is 1. The average molecular weight is 283 g/mol. The van der Waals surface area contributed by atoms with Gasteiger partial charge >= 0.3 is 0 Å². The summed E-state index contributed by atoms with van der Waals surface area (Å²) < 4.78 is 26.5. The number of para-hydroxylation sites is 1. The van der Waals surface area contributed by atoms with E-state index >= 15 is 0 Å². The van der Waals surface area contributed by atoms with Crippen LogP contribution in [0, 0.1) is 0 Å². The van der Waals surface area contributed by atoms with Crippen LogP contribution in [0.3, 0.4) is 0 Å². The minimum atomic E-state index is -3.43. The third kappa shape index (κ3) is 3.08. The van der Waals surface area contributed by atoms with Crippen molar-refractivity contribution in [1.29, 1.82) is 0 Å². The zero-order valence-corrected chi connectivity index (χ0v) is 12.4. The molecule has 6 heteroatoms. The number of rotatable bonds is 3. The summed E-state index contributed by atoms with van der Waals surface area (Å²) in [4.78, 5) is 2.48. The van der Waals surface area contributed by atoms with Gasteiger partial charge in [-0.25, -0.2) is 13.1 Å². The van der Waals surface area contributed by atoms with Gasteiger partial charge < -0.3 is 10.2 Å². The minimum Gasteiger partial charge on any atom is -0.367 e. The second-order valence-corrected chi connectivity index (χ2v) is 6.90. The Morgan fingerprint density at radius 1 is 1.21 bits per heavy atom. The largest absolute Gasteiger partial charge is 0.367 e. The van der Waals surface area contributed by atoms with Crippen LogP contribution in [0.2, 0.25) is 0 Å². The summed E-state index contributed by atoms with van der Waals surface area (Å²) in [5.74, 6) is 0. The summed E-state index contributed by atoms with van der Waals surface area (Å²) in [6.07, 6.45) is 0. The number of nitrogens with zero attached hydrogens (tertiary/aromatic N) is 1. The van der Waals surface area contributed by atoms with E-state index in [0.29, 0.717) is 17.0 Å². The normalized spacial score (nSPS) is 24.5. The molecule has 1 aromatic rings. The standard InChI is InChI=1S/C13H21N3O2S/c1-10-8-16(9-11(2)15-10)12-6-4-5-7-13(12)19(17,18)14-3/h4-7,10-11,14-15H,8-9H2,1-3H3. The molecule has 2 atom stereocenters. The van der Waals surface area contributed by atoms with Gasteiger partial charge in [0.25, 0.3) is 0 Å². The highest BCUT2D eigenvalue weighted by Gasteiger charge is 2.25. The van der Waals surface area contributed by atoms with E-state index in [0.717, 1.165) is 18.8 Å². The van der Waals surface area contributed by atoms with Crippen LogP contribution in [0.5, 0.6) is 0 Å². The maximum Gasteiger partial charge on any atom is 0.242 e. The molecule has 1 fully saturated rings. The van der Waals surface area contributed by atoms with Crippen molar-refractivity contribution in [3.8, 4) is 0 Å². The van der Waals surface area contributed by atoms with Gasteiger partial charge in [-0.3, -0.25) is 0 Å².